The van der Waals surface area contributed by atoms with Gasteiger partial charge in [-0.15, -0.1) is 0 Å². The molecule has 2 N–H and O–H groups in total. The van der Waals surface area contributed by atoms with Crippen molar-refractivity contribution in [2.75, 3.05) is 11.9 Å². The van der Waals surface area contributed by atoms with Gasteiger partial charge in [-0.2, -0.15) is 0 Å². The molecule has 3 nitrogen and oxygen atoms in total. The zero-order chi connectivity index (χ0) is 11.8. The predicted octanol–water partition coefficient (Wildman–Crippen LogP) is 3.01. The van der Waals surface area contributed by atoms with Crippen LogP contribution >= 0.6 is 0 Å². The van der Waals surface area contributed by atoms with E-state index in [1.54, 1.807) is 0 Å². The van der Waals surface area contributed by atoms with E-state index in [0.29, 0.717) is 12.2 Å². The Morgan fingerprint density at radius 3 is 2.75 bits per heavy atom. The number of aliphatic hydroxyl groups is 1. The van der Waals surface area contributed by atoms with Gasteiger partial charge in [0, 0.05) is 13.0 Å². The molecule has 0 fully saturated rings. The van der Waals surface area contributed by atoms with E-state index in [4.69, 9.17) is 4.74 Å². The maximum absolute atomic E-state index is 9.46. The second-order valence-electron chi connectivity index (χ2n) is 3.76. The lowest BCUT2D eigenvalue weighted by Crippen LogP contribution is -2.15. The molecule has 0 bridgehead atoms. The van der Waals surface area contributed by atoms with E-state index in [0.717, 1.165) is 25.1 Å². The highest BCUT2D eigenvalue weighted by atomic mass is 16.6. The molecular weight excluding hydrogens is 202 g/mol. The largest absolute Gasteiger partial charge is 0.463 e. The second-order valence-corrected chi connectivity index (χ2v) is 3.76. The van der Waals surface area contributed by atoms with Gasteiger partial charge in [-0.3, -0.25) is 0 Å². The van der Waals surface area contributed by atoms with E-state index in [9.17, 15) is 5.11 Å². The second kappa shape index (κ2) is 7.12. The molecular formula is C13H21NO2. The zero-order valence-electron chi connectivity index (χ0n) is 10.1. The third kappa shape index (κ3) is 4.11. The van der Waals surface area contributed by atoms with Crippen molar-refractivity contribution >= 4 is 5.69 Å². The minimum Gasteiger partial charge on any atom is -0.463 e. The van der Waals surface area contributed by atoms with E-state index in [-0.39, 0.29) is 0 Å². The van der Waals surface area contributed by atoms with E-state index in [2.05, 4.69) is 12.2 Å². The number of hydrogen-bond acceptors (Lipinski definition) is 3. The fraction of sp³-hybridized carbons (Fsp3) is 0.538. The normalized spacial score (nSPS) is 12.2. The molecule has 0 amide bonds. The number of unbranched alkanes of at least 4 members (excludes halogenated alkanes) is 1. The Morgan fingerprint density at radius 2 is 2.06 bits per heavy atom. The van der Waals surface area contributed by atoms with Gasteiger partial charge < -0.3 is 15.2 Å². The Hall–Kier alpha value is -1.22. The minimum atomic E-state index is -0.728. The molecule has 1 rings (SSSR count). The lowest BCUT2D eigenvalue weighted by Gasteiger charge is -2.15. The third-order valence-corrected chi connectivity index (χ3v) is 2.35. The monoisotopic (exact) mass is 223 g/mol. The minimum absolute atomic E-state index is 0.587. The summed E-state index contributed by atoms with van der Waals surface area (Å²) in [5, 5.41) is 12.8. The van der Waals surface area contributed by atoms with Gasteiger partial charge in [0.2, 0.25) is 0 Å². The third-order valence-electron chi connectivity index (χ3n) is 2.35. The van der Waals surface area contributed by atoms with Crippen LogP contribution in [-0.2, 0) is 0 Å². The molecule has 0 saturated heterocycles. The highest BCUT2D eigenvalue weighted by Gasteiger charge is 2.06. The summed E-state index contributed by atoms with van der Waals surface area (Å²) >= 11 is 0. The summed E-state index contributed by atoms with van der Waals surface area (Å²) in [5.41, 5.74) is 0.948. The van der Waals surface area contributed by atoms with Gasteiger partial charge in [0.15, 0.2) is 6.29 Å². The molecule has 3 heteroatoms. The smallest absolute Gasteiger partial charge is 0.197 e. The van der Waals surface area contributed by atoms with Crippen LogP contribution in [0.4, 0.5) is 5.69 Å². The van der Waals surface area contributed by atoms with Gasteiger partial charge in [-0.05, 0) is 18.6 Å². The molecule has 0 saturated carbocycles. The van der Waals surface area contributed by atoms with E-state index in [1.165, 1.54) is 0 Å². The highest BCUT2D eigenvalue weighted by molar-refractivity contribution is 5.56. The molecule has 1 unspecified atom stereocenters. The summed E-state index contributed by atoms with van der Waals surface area (Å²) in [6.07, 6.45) is 2.15. The Balaban J connectivity index is 2.60. The van der Waals surface area contributed by atoms with Crippen molar-refractivity contribution < 1.29 is 9.84 Å². The number of ether oxygens (including phenoxy) is 1. The number of anilines is 1. The van der Waals surface area contributed by atoms with Gasteiger partial charge in [-0.1, -0.05) is 32.4 Å². The number of aliphatic hydroxyl groups excluding tert-OH is 1. The summed E-state index contributed by atoms with van der Waals surface area (Å²) in [6, 6.07) is 7.70. The number of hydrogen-bond donors (Lipinski definition) is 2. The van der Waals surface area contributed by atoms with Crippen LogP contribution < -0.4 is 10.1 Å². The average Bonchev–Trinajstić information content (AvgIpc) is 2.31. The van der Waals surface area contributed by atoms with Crippen LogP contribution in [0.1, 0.15) is 33.1 Å². The quantitative estimate of drug-likeness (QED) is 0.551. The van der Waals surface area contributed by atoms with Gasteiger partial charge in [0.1, 0.15) is 5.75 Å². The topological polar surface area (TPSA) is 41.5 Å². The highest BCUT2D eigenvalue weighted by Crippen LogP contribution is 2.24. The van der Waals surface area contributed by atoms with Crippen molar-refractivity contribution in [2.45, 2.75) is 39.4 Å². The van der Waals surface area contributed by atoms with Crippen LogP contribution in [0, 0.1) is 0 Å². The van der Waals surface area contributed by atoms with Crippen molar-refractivity contribution in [3.05, 3.63) is 24.3 Å². The SMILES string of the molecule is CCCCNc1ccccc1OC(O)CC. The zero-order valence-corrected chi connectivity index (χ0v) is 10.1. The molecule has 16 heavy (non-hydrogen) atoms. The van der Waals surface area contributed by atoms with Crippen molar-refractivity contribution in [1.29, 1.82) is 0 Å². The fourth-order valence-corrected chi connectivity index (χ4v) is 1.35. The van der Waals surface area contributed by atoms with Crippen LogP contribution in [0.2, 0.25) is 0 Å². The van der Waals surface area contributed by atoms with Gasteiger partial charge in [0.25, 0.3) is 0 Å². The van der Waals surface area contributed by atoms with Gasteiger partial charge in [0.05, 0.1) is 5.69 Å². The molecule has 1 atom stereocenters. The van der Waals surface area contributed by atoms with Crippen LogP contribution in [-0.4, -0.2) is 17.9 Å². The van der Waals surface area contributed by atoms with Crippen molar-refractivity contribution in [2.24, 2.45) is 0 Å². The number of benzene rings is 1. The molecule has 0 aliphatic rings. The summed E-state index contributed by atoms with van der Waals surface area (Å²) in [7, 11) is 0. The first-order valence-corrected chi connectivity index (χ1v) is 5.95. The molecule has 0 aromatic heterocycles. The number of nitrogens with one attached hydrogen (secondary N) is 1. The average molecular weight is 223 g/mol. The molecule has 0 radical (unpaired) electrons. The maximum atomic E-state index is 9.46. The van der Waals surface area contributed by atoms with E-state index in [1.807, 2.05) is 31.2 Å². The predicted molar refractivity (Wildman–Crippen MR) is 66.8 cm³/mol. The standard InChI is InChI=1S/C13H21NO2/c1-3-5-10-14-11-8-6-7-9-12(11)16-13(15)4-2/h6-9,13-15H,3-5,10H2,1-2H3. The lowest BCUT2D eigenvalue weighted by atomic mass is 10.2. The molecule has 0 spiro atoms. The molecule has 0 heterocycles. The fourth-order valence-electron chi connectivity index (χ4n) is 1.35. The molecule has 0 aliphatic heterocycles. The Kier molecular flexibility index (Phi) is 5.72. The van der Waals surface area contributed by atoms with Crippen molar-refractivity contribution in [1.82, 2.24) is 0 Å². The molecule has 1 aromatic rings. The van der Waals surface area contributed by atoms with Crippen LogP contribution in [0.3, 0.4) is 0 Å². The van der Waals surface area contributed by atoms with Crippen LogP contribution in [0.5, 0.6) is 5.75 Å². The first-order valence-electron chi connectivity index (χ1n) is 5.95. The van der Waals surface area contributed by atoms with Crippen LogP contribution in [0.15, 0.2) is 24.3 Å². The van der Waals surface area contributed by atoms with Crippen LogP contribution in [0.25, 0.3) is 0 Å². The Morgan fingerprint density at radius 1 is 1.31 bits per heavy atom. The summed E-state index contributed by atoms with van der Waals surface area (Å²) in [5.74, 6) is 0.716. The summed E-state index contributed by atoms with van der Waals surface area (Å²) < 4.78 is 5.42. The van der Waals surface area contributed by atoms with E-state index >= 15 is 0 Å². The van der Waals surface area contributed by atoms with Crippen molar-refractivity contribution in [3.8, 4) is 5.75 Å². The first kappa shape index (κ1) is 12.8. The number of para-hydroxylation sites is 2. The molecule has 90 valence electrons. The molecule has 0 aliphatic carbocycles. The van der Waals surface area contributed by atoms with Gasteiger partial charge in [-0.25, -0.2) is 0 Å². The van der Waals surface area contributed by atoms with E-state index < -0.39 is 6.29 Å². The Labute approximate surface area is 97.4 Å². The summed E-state index contributed by atoms with van der Waals surface area (Å²) in [6.45, 7) is 4.97. The number of rotatable bonds is 7. The summed E-state index contributed by atoms with van der Waals surface area (Å²) in [4.78, 5) is 0. The molecule has 1 aromatic carbocycles. The Bertz CT molecular complexity index is 302. The van der Waals surface area contributed by atoms with Gasteiger partial charge >= 0.3 is 0 Å². The van der Waals surface area contributed by atoms with Crippen molar-refractivity contribution in [3.63, 3.8) is 0 Å². The first-order chi connectivity index (χ1) is 7.77. The lowest BCUT2D eigenvalue weighted by molar-refractivity contribution is -0.0186. The maximum Gasteiger partial charge on any atom is 0.197 e.